The third-order valence-electron chi connectivity index (χ3n) is 4.32. The van der Waals surface area contributed by atoms with Gasteiger partial charge in [-0.3, -0.25) is 0 Å². The number of rotatable bonds is 0. The van der Waals surface area contributed by atoms with Crippen molar-refractivity contribution in [3.63, 3.8) is 0 Å². The number of anilines is 1. The zero-order chi connectivity index (χ0) is 17.2. The van der Waals surface area contributed by atoms with Crippen LogP contribution in [0.15, 0.2) is 36.7 Å². The molecule has 0 amide bonds. The number of nitrogens with zero attached hydrogens (tertiary/aromatic N) is 4. The lowest BCUT2D eigenvalue weighted by atomic mass is 10.2. The van der Waals surface area contributed by atoms with Gasteiger partial charge in [-0.15, -0.1) is 0 Å². The van der Waals surface area contributed by atoms with Crippen LogP contribution in [0.25, 0.3) is 5.65 Å². The molecule has 1 aromatic carbocycles. The number of hydrogen-bond acceptors (Lipinski definition) is 5. The lowest BCUT2D eigenvalue weighted by Gasteiger charge is -2.21. The van der Waals surface area contributed by atoms with E-state index in [4.69, 9.17) is 9.72 Å². The van der Waals surface area contributed by atoms with Crippen molar-refractivity contribution < 1.29 is 9.13 Å². The Bertz CT molecular complexity index is 894. The monoisotopic (exact) mass is 341 g/mol. The number of benzene rings is 1. The predicted octanol–water partition coefficient (Wildman–Crippen LogP) is 2.38. The van der Waals surface area contributed by atoms with Gasteiger partial charge in [0, 0.05) is 37.5 Å². The van der Waals surface area contributed by atoms with Crippen LogP contribution in [0.1, 0.15) is 17.5 Å². The molecule has 0 saturated heterocycles. The smallest absolute Gasteiger partial charge is 0.161 e. The minimum atomic E-state index is -0.264. The van der Waals surface area contributed by atoms with Gasteiger partial charge in [-0.1, -0.05) is 0 Å². The number of nitrogens with one attached hydrogen (secondary N) is 1. The molecule has 1 aliphatic rings. The van der Waals surface area contributed by atoms with Gasteiger partial charge < -0.3 is 15.0 Å². The highest BCUT2D eigenvalue weighted by Crippen LogP contribution is 2.24. The molecular weight excluding hydrogens is 321 g/mol. The molecule has 25 heavy (non-hydrogen) atoms. The van der Waals surface area contributed by atoms with E-state index in [1.807, 2.05) is 30.4 Å². The zero-order valence-corrected chi connectivity index (χ0v) is 14.1. The standard InChI is InChI=1S/C18H20FN5O/c1-23-12-13-9-15(19)3-4-16(13)25-8-2-6-20-10-14-11-21-24-7-5-17(23)22-18(14)24/h3-5,7,9,11,20H,2,6,8,10,12H2,1H3. The molecule has 1 N–H and O–H groups in total. The Morgan fingerprint density at radius 3 is 3.08 bits per heavy atom. The van der Waals surface area contributed by atoms with E-state index < -0.39 is 0 Å². The number of ether oxygens (including phenoxy) is 1. The summed E-state index contributed by atoms with van der Waals surface area (Å²) in [5, 5.41) is 7.74. The Morgan fingerprint density at radius 2 is 2.16 bits per heavy atom. The Morgan fingerprint density at radius 1 is 1.24 bits per heavy atom. The second kappa shape index (κ2) is 6.68. The maximum atomic E-state index is 13.7. The van der Waals surface area contributed by atoms with Crippen LogP contribution in [-0.4, -0.2) is 34.8 Å². The molecule has 0 spiro atoms. The largest absolute Gasteiger partial charge is 0.493 e. The van der Waals surface area contributed by atoms with E-state index in [1.54, 1.807) is 10.6 Å². The fourth-order valence-electron chi connectivity index (χ4n) is 3.00. The summed E-state index contributed by atoms with van der Waals surface area (Å²) in [5.41, 5.74) is 2.70. The highest BCUT2D eigenvalue weighted by molar-refractivity contribution is 5.53. The molecule has 1 aliphatic heterocycles. The maximum absolute atomic E-state index is 13.7. The molecule has 0 saturated carbocycles. The Hall–Kier alpha value is -2.67. The summed E-state index contributed by atoms with van der Waals surface area (Å²) < 4.78 is 21.3. The summed E-state index contributed by atoms with van der Waals surface area (Å²) in [7, 11) is 1.94. The minimum absolute atomic E-state index is 0.264. The fraction of sp³-hybridized carbons (Fsp3) is 0.333. The number of hydrogen-bond donors (Lipinski definition) is 1. The number of halogens is 1. The van der Waals surface area contributed by atoms with Gasteiger partial charge in [0.1, 0.15) is 17.4 Å². The van der Waals surface area contributed by atoms with Gasteiger partial charge in [0.25, 0.3) is 0 Å². The van der Waals surface area contributed by atoms with Gasteiger partial charge in [-0.2, -0.15) is 5.10 Å². The zero-order valence-electron chi connectivity index (χ0n) is 14.1. The van der Waals surface area contributed by atoms with E-state index in [0.717, 1.165) is 41.3 Å². The van der Waals surface area contributed by atoms with E-state index in [-0.39, 0.29) is 5.82 Å². The normalized spacial score (nSPS) is 15.7. The van der Waals surface area contributed by atoms with Crippen LogP contribution < -0.4 is 15.0 Å². The quantitative estimate of drug-likeness (QED) is 0.680. The second-order valence-electron chi connectivity index (χ2n) is 6.21. The van der Waals surface area contributed by atoms with Crippen molar-refractivity contribution in [2.45, 2.75) is 19.5 Å². The summed E-state index contributed by atoms with van der Waals surface area (Å²) in [5.74, 6) is 1.26. The van der Waals surface area contributed by atoms with Crippen LogP contribution in [-0.2, 0) is 13.1 Å². The minimum Gasteiger partial charge on any atom is -0.493 e. The molecule has 0 atom stereocenters. The highest BCUT2D eigenvalue weighted by Gasteiger charge is 2.13. The third kappa shape index (κ3) is 3.28. The van der Waals surface area contributed by atoms with Crippen LogP contribution in [0.2, 0.25) is 0 Å². The van der Waals surface area contributed by atoms with Crippen molar-refractivity contribution in [1.29, 1.82) is 0 Å². The van der Waals surface area contributed by atoms with Crippen LogP contribution in [0.3, 0.4) is 0 Å². The van der Waals surface area contributed by atoms with E-state index >= 15 is 0 Å². The molecule has 0 aliphatic carbocycles. The Labute approximate surface area is 145 Å². The van der Waals surface area contributed by atoms with Crippen molar-refractivity contribution in [2.24, 2.45) is 0 Å². The van der Waals surface area contributed by atoms with Crippen LogP contribution >= 0.6 is 0 Å². The third-order valence-corrected chi connectivity index (χ3v) is 4.32. The van der Waals surface area contributed by atoms with Crippen LogP contribution in [0.4, 0.5) is 10.2 Å². The van der Waals surface area contributed by atoms with Crippen LogP contribution in [0.5, 0.6) is 5.75 Å². The van der Waals surface area contributed by atoms with Crippen molar-refractivity contribution in [2.75, 3.05) is 25.1 Å². The molecule has 3 heterocycles. The molecule has 2 bridgehead atoms. The van der Waals surface area contributed by atoms with E-state index in [2.05, 4.69) is 10.4 Å². The maximum Gasteiger partial charge on any atom is 0.161 e. The van der Waals surface area contributed by atoms with Gasteiger partial charge in [0.15, 0.2) is 5.65 Å². The number of aromatic nitrogens is 3. The van der Waals surface area contributed by atoms with Crippen molar-refractivity contribution in [1.82, 2.24) is 19.9 Å². The molecule has 0 radical (unpaired) electrons. The highest BCUT2D eigenvalue weighted by atomic mass is 19.1. The topological polar surface area (TPSA) is 54.7 Å². The van der Waals surface area contributed by atoms with Gasteiger partial charge >= 0.3 is 0 Å². The van der Waals surface area contributed by atoms with Gasteiger partial charge in [-0.25, -0.2) is 13.9 Å². The van der Waals surface area contributed by atoms with Gasteiger partial charge in [0.05, 0.1) is 12.8 Å². The first-order valence-corrected chi connectivity index (χ1v) is 8.37. The Balaban J connectivity index is 1.74. The molecule has 130 valence electrons. The molecule has 0 unspecified atom stereocenters. The molecule has 0 fully saturated rings. The molecular formula is C18H20FN5O. The van der Waals surface area contributed by atoms with Gasteiger partial charge in [0.2, 0.25) is 0 Å². The first-order chi connectivity index (χ1) is 12.2. The first kappa shape index (κ1) is 15.8. The van der Waals surface area contributed by atoms with Crippen molar-refractivity contribution >= 4 is 11.5 Å². The molecule has 4 rings (SSSR count). The summed E-state index contributed by atoms with van der Waals surface area (Å²) in [4.78, 5) is 6.72. The van der Waals surface area contributed by atoms with Crippen molar-refractivity contribution in [3.05, 3.63) is 53.6 Å². The van der Waals surface area contributed by atoms with E-state index in [1.165, 1.54) is 12.1 Å². The summed E-state index contributed by atoms with van der Waals surface area (Å²) >= 11 is 0. The van der Waals surface area contributed by atoms with Crippen molar-refractivity contribution in [3.8, 4) is 5.75 Å². The lowest BCUT2D eigenvalue weighted by molar-refractivity contribution is 0.304. The summed E-state index contributed by atoms with van der Waals surface area (Å²) in [6.07, 6.45) is 4.60. The average Bonchev–Trinajstić information content (AvgIpc) is 3.01. The van der Waals surface area contributed by atoms with Crippen LogP contribution in [0, 0.1) is 5.82 Å². The average molecular weight is 341 g/mol. The van der Waals surface area contributed by atoms with E-state index in [9.17, 15) is 4.39 Å². The molecule has 6 nitrogen and oxygen atoms in total. The fourth-order valence-corrected chi connectivity index (χ4v) is 3.00. The summed E-state index contributed by atoms with van der Waals surface area (Å²) in [6.45, 7) is 2.64. The first-order valence-electron chi connectivity index (χ1n) is 8.37. The van der Waals surface area contributed by atoms with Gasteiger partial charge in [-0.05, 0) is 37.2 Å². The van der Waals surface area contributed by atoms with E-state index in [0.29, 0.717) is 19.7 Å². The molecule has 7 heteroatoms. The Kier molecular flexibility index (Phi) is 4.23. The summed E-state index contributed by atoms with van der Waals surface area (Å²) in [6, 6.07) is 6.56. The SMILES string of the molecule is CN1Cc2cc(F)ccc2OCCCNCc2cnn3ccc1nc23. The molecule has 2 aromatic heterocycles. The number of fused-ring (bicyclic) bond motifs is 2. The second-order valence-corrected chi connectivity index (χ2v) is 6.21. The molecule has 3 aromatic rings. The predicted molar refractivity (Wildman–Crippen MR) is 93.3 cm³/mol. The lowest BCUT2D eigenvalue weighted by Crippen LogP contribution is -2.21.